The molecule has 0 unspecified atom stereocenters. The number of aromatic nitrogens is 2. The Morgan fingerprint density at radius 3 is 2.42 bits per heavy atom. The first-order chi connectivity index (χ1) is 17.0. The Balaban J connectivity index is 1.62. The maximum Gasteiger partial charge on any atom is 0.433 e. The van der Waals surface area contributed by atoms with Crippen molar-refractivity contribution in [3.05, 3.63) is 82.8 Å². The lowest BCUT2D eigenvalue weighted by atomic mass is 10.0. The number of aliphatic hydroxyl groups excluding tert-OH is 1. The van der Waals surface area contributed by atoms with E-state index in [0.29, 0.717) is 29.8 Å². The number of pyridine rings is 2. The number of benzene rings is 1. The third kappa shape index (κ3) is 5.71. The number of aryl methyl sites for hydroxylation is 1. The average Bonchev–Trinajstić information content (AvgIpc) is 3.29. The minimum absolute atomic E-state index is 0.199. The van der Waals surface area contributed by atoms with Crippen molar-refractivity contribution >= 4 is 11.8 Å². The molecule has 3 aromatic rings. The summed E-state index contributed by atoms with van der Waals surface area (Å²) in [6, 6.07) is 9.89. The van der Waals surface area contributed by atoms with Gasteiger partial charge in [0.25, 0.3) is 11.8 Å². The minimum atomic E-state index is -4.55. The molecule has 0 saturated carbocycles. The Morgan fingerprint density at radius 1 is 1.08 bits per heavy atom. The molecule has 2 aromatic heterocycles. The van der Waals surface area contributed by atoms with E-state index in [1.165, 1.54) is 17.0 Å². The number of carbonyl (C=O) groups excluding carboxylic acids is 2. The summed E-state index contributed by atoms with van der Waals surface area (Å²) in [4.78, 5) is 35.6. The molecule has 2 N–H and O–H groups in total. The lowest BCUT2D eigenvalue weighted by Gasteiger charge is -2.18. The third-order valence-electron chi connectivity index (χ3n) is 6.02. The highest BCUT2D eigenvalue weighted by atomic mass is 19.4. The fraction of sp³-hybridized carbons (Fsp3) is 0.308. The number of nitrogens with zero attached hydrogens (tertiary/aromatic N) is 3. The van der Waals surface area contributed by atoms with E-state index in [-0.39, 0.29) is 23.6 Å². The SMILES string of the molecule is Cc1ccc(-c2cc(C(=O)N[C@H](C)c3ccc(C(F)(F)F)nc3)cc(C(=O)N3CC[C@@H](O)C3)c2)nc1. The number of aliphatic hydroxyl groups is 1. The molecule has 1 aromatic carbocycles. The number of alkyl halides is 3. The van der Waals surface area contributed by atoms with Gasteiger partial charge in [0.05, 0.1) is 17.8 Å². The summed E-state index contributed by atoms with van der Waals surface area (Å²) in [5.74, 6) is -0.818. The number of nitrogens with one attached hydrogen (secondary N) is 1. The van der Waals surface area contributed by atoms with Crippen molar-refractivity contribution in [2.45, 2.75) is 38.6 Å². The molecular weight excluding hydrogens is 473 g/mol. The maximum atomic E-state index is 13.1. The molecule has 1 aliphatic heterocycles. The van der Waals surface area contributed by atoms with Gasteiger partial charge in [0.15, 0.2) is 0 Å². The van der Waals surface area contributed by atoms with Gasteiger partial charge in [-0.25, -0.2) is 0 Å². The predicted octanol–water partition coefficient (Wildman–Crippen LogP) is 4.17. The van der Waals surface area contributed by atoms with Gasteiger partial charge in [-0.2, -0.15) is 13.2 Å². The first-order valence-electron chi connectivity index (χ1n) is 11.4. The summed E-state index contributed by atoms with van der Waals surface area (Å²) in [7, 11) is 0. The summed E-state index contributed by atoms with van der Waals surface area (Å²) < 4.78 is 38.4. The molecule has 0 aliphatic carbocycles. The molecule has 188 valence electrons. The lowest BCUT2D eigenvalue weighted by molar-refractivity contribution is -0.141. The molecule has 36 heavy (non-hydrogen) atoms. The second-order valence-electron chi connectivity index (χ2n) is 8.88. The molecule has 2 amide bonds. The van der Waals surface area contributed by atoms with Crippen LogP contribution in [0.15, 0.2) is 54.9 Å². The highest BCUT2D eigenvalue weighted by Crippen LogP contribution is 2.28. The van der Waals surface area contributed by atoms with Crippen LogP contribution in [0.25, 0.3) is 11.3 Å². The number of β-amino-alcohol motifs (C(OH)–C–C–N with tert-alkyl or cyclic N) is 1. The summed E-state index contributed by atoms with van der Waals surface area (Å²) in [5.41, 5.74) is 1.95. The normalized spacial score (nSPS) is 16.6. The Hall–Kier alpha value is -3.79. The zero-order valence-corrected chi connectivity index (χ0v) is 19.7. The van der Waals surface area contributed by atoms with Crippen LogP contribution in [0.4, 0.5) is 13.2 Å². The van der Waals surface area contributed by atoms with Gasteiger partial charge < -0.3 is 15.3 Å². The lowest BCUT2D eigenvalue weighted by Crippen LogP contribution is -2.30. The van der Waals surface area contributed by atoms with E-state index in [1.807, 2.05) is 13.0 Å². The number of carbonyl (C=O) groups is 2. The standard InChI is InChI=1S/C26H25F3N4O3/c1-15-3-5-22(30-12-15)18-9-19(11-20(10-18)25(36)33-8-7-21(34)14-33)24(35)32-16(2)17-4-6-23(31-13-17)26(27,28)29/h3-6,9-13,16,21,34H,7-8,14H2,1-2H3,(H,32,35)/t16-,21-/m1/s1. The summed E-state index contributed by atoms with van der Waals surface area (Å²) in [6.07, 6.45) is -1.90. The average molecular weight is 499 g/mol. The largest absolute Gasteiger partial charge is 0.433 e. The molecule has 1 aliphatic rings. The molecule has 1 fully saturated rings. The fourth-order valence-electron chi connectivity index (χ4n) is 3.97. The van der Waals surface area contributed by atoms with Crippen LogP contribution >= 0.6 is 0 Å². The molecule has 0 radical (unpaired) electrons. The fourth-order valence-corrected chi connectivity index (χ4v) is 3.97. The number of likely N-dealkylation sites (tertiary alicyclic amines) is 1. The Bertz CT molecular complexity index is 1260. The van der Waals surface area contributed by atoms with E-state index in [2.05, 4.69) is 15.3 Å². The van der Waals surface area contributed by atoms with Crippen molar-refractivity contribution in [1.82, 2.24) is 20.2 Å². The van der Waals surface area contributed by atoms with Crippen LogP contribution in [0.5, 0.6) is 0 Å². The second-order valence-corrected chi connectivity index (χ2v) is 8.88. The van der Waals surface area contributed by atoms with E-state index >= 15 is 0 Å². The molecule has 1 saturated heterocycles. The van der Waals surface area contributed by atoms with E-state index < -0.39 is 29.9 Å². The van der Waals surface area contributed by atoms with Crippen LogP contribution in [0.2, 0.25) is 0 Å². The van der Waals surface area contributed by atoms with Crippen molar-refractivity contribution in [3.63, 3.8) is 0 Å². The van der Waals surface area contributed by atoms with Gasteiger partial charge in [0, 0.05) is 42.2 Å². The summed E-state index contributed by atoms with van der Waals surface area (Å²) in [5, 5.41) is 12.6. The Labute approximate surface area is 206 Å². The Morgan fingerprint density at radius 2 is 1.83 bits per heavy atom. The number of rotatable bonds is 5. The number of halogens is 3. The van der Waals surface area contributed by atoms with Gasteiger partial charge in [-0.05, 0) is 61.7 Å². The van der Waals surface area contributed by atoms with Crippen LogP contribution in [-0.4, -0.2) is 51.0 Å². The van der Waals surface area contributed by atoms with Gasteiger partial charge in [-0.15, -0.1) is 0 Å². The van der Waals surface area contributed by atoms with Crippen molar-refractivity contribution in [2.24, 2.45) is 0 Å². The van der Waals surface area contributed by atoms with Crippen molar-refractivity contribution < 1.29 is 27.9 Å². The highest BCUT2D eigenvalue weighted by Gasteiger charge is 2.32. The number of hydrogen-bond acceptors (Lipinski definition) is 5. The van der Waals surface area contributed by atoms with Gasteiger partial charge >= 0.3 is 6.18 Å². The topological polar surface area (TPSA) is 95.4 Å². The van der Waals surface area contributed by atoms with Gasteiger partial charge in [-0.3, -0.25) is 19.6 Å². The predicted molar refractivity (Wildman–Crippen MR) is 126 cm³/mol. The quantitative estimate of drug-likeness (QED) is 0.551. The molecule has 0 spiro atoms. The molecule has 2 atom stereocenters. The van der Waals surface area contributed by atoms with Crippen LogP contribution < -0.4 is 5.32 Å². The van der Waals surface area contributed by atoms with E-state index in [4.69, 9.17) is 0 Å². The molecule has 7 nitrogen and oxygen atoms in total. The smallest absolute Gasteiger partial charge is 0.391 e. The molecule has 10 heteroatoms. The monoisotopic (exact) mass is 498 g/mol. The second kappa shape index (κ2) is 10.1. The molecule has 0 bridgehead atoms. The first kappa shape index (κ1) is 25.3. The van der Waals surface area contributed by atoms with Gasteiger partial charge in [-0.1, -0.05) is 12.1 Å². The maximum absolute atomic E-state index is 13.1. The van der Waals surface area contributed by atoms with Crippen LogP contribution in [0.3, 0.4) is 0 Å². The molecular formula is C26H25F3N4O3. The zero-order valence-electron chi connectivity index (χ0n) is 19.7. The van der Waals surface area contributed by atoms with E-state index in [1.54, 1.807) is 31.3 Å². The minimum Gasteiger partial charge on any atom is -0.391 e. The number of amides is 2. The molecule has 3 heterocycles. The highest BCUT2D eigenvalue weighted by molar-refractivity contribution is 6.01. The Kier molecular flexibility index (Phi) is 7.07. The van der Waals surface area contributed by atoms with Crippen LogP contribution in [0.1, 0.15) is 56.9 Å². The molecule has 4 rings (SSSR count). The van der Waals surface area contributed by atoms with Crippen LogP contribution in [0, 0.1) is 6.92 Å². The van der Waals surface area contributed by atoms with Crippen LogP contribution in [-0.2, 0) is 6.18 Å². The van der Waals surface area contributed by atoms with Gasteiger partial charge in [0.1, 0.15) is 5.69 Å². The third-order valence-corrected chi connectivity index (χ3v) is 6.02. The number of hydrogen-bond donors (Lipinski definition) is 2. The summed E-state index contributed by atoms with van der Waals surface area (Å²) >= 11 is 0. The zero-order chi connectivity index (χ0) is 26.0. The summed E-state index contributed by atoms with van der Waals surface area (Å²) in [6.45, 7) is 4.15. The first-order valence-corrected chi connectivity index (χ1v) is 11.4. The van der Waals surface area contributed by atoms with E-state index in [9.17, 15) is 27.9 Å². The van der Waals surface area contributed by atoms with E-state index in [0.717, 1.165) is 17.8 Å². The van der Waals surface area contributed by atoms with Crippen molar-refractivity contribution in [2.75, 3.05) is 13.1 Å². The van der Waals surface area contributed by atoms with Crippen molar-refractivity contribution in [3.8, 4) is 11.3 Å². The van der Waals surface area contributed by atoms with Crippen molar-refractivity contribution in [1.29, 1.82) is 0 Å². The van der Waals surface area contributed by atoms with Gasteiger partial charge in [0.2, 0.25) is 0 Å².